The largest absolute Gasteiger partial charge is 0.326 e. The van der Waals surface area contributed by atoms with Crippen LogP contribution in [0.3, 0.4) is 0 Å². The quantitative estimate of drug-likeness (QED) is 0.848. The van der Waals surface area contributed by atoms with Crippen LogP contribution in [0.5, 0.6) is 0 Å². The highest BCUT2D eigenvalue weighted by molar-refractivity contribution is 6.36. The molecule has 0 heterocycles. The van der Waals surface area contributed by atoms with Crippen LogP contribution in [-0.2, 0) is 4.79 Å². The molecule has 1 saturated carbocycles. The molecule has 0 spiro atoms. The van der Waals surface area contributed by atoms with Gasteiger partial charge in [0.15, 0.2) is 0 Å². The van der Waals surface area contributed by atoms with E-state index >= 15 is 0 Å². The van der Waals surface area contributed by atoms with E-state index in [9.17, 15) is 9.59 Å². The lowest BCUT2D eigenvalue weighted by Gasteiger charge is -2.09. The minimum atomic E-state index is -0.358. The van der Waals surface area contributed by atoms with Crippen molar-refractivity contribution in [2.45, 2.75) is 12.8 Å². The summed E-state index contributed by atoms with van der Waals surface area (Å²) in [6.45, 7) is 0. The summed E-state index contributed by atoms with van der Waals surface area (Å²) in [5, 5.41) is 6.35. The van der Waals surface area contributed by atoms with Crippen LogP contribution in [-0.4, -0.2) is 11.8 Å². The topological polar surface area (TPSA) is 58.2 Å². The fourth-order valence-corrected chi connectivity index (χ4v) is 2.51. The highest BCUT2D eigenvalue weighted by Gasteiger charge is 2.29. The van der Waals surface area contributed by atoms with E-state index in [0.29, 0.717) is 27.0 Å². The summed E-state index contributed by atoms with van der Waals surface area (Å²) in [5.41, 5.74) is 1.52. The number of hydrogen-bond acceptors (Lipinski definition) is 2. The number of halogens is 2. The first-order chi connectivity index (χ1) is 11.0. The number of carbonyl (C=O) groups excluding carboxylic acids is 2. The van der Waals surface area contributed by atoms with Gasteiger partial charge in [0, 0.05) is 22.3 Å². The summed E-state index contributed by atoms with van der Waals surface area (Å²) in [4.78, 5) is 24.1. The summed E-state index contributed by atoms with van der Waals surface area (Å²) in [7, 11) is 0. The van der Waals surface area contributed by atoms with Gasteiger partial charge in [-0.05, 0) is 49.2 Å². The molecule has 0 radical (unpaired) electrons. The van der Waals surface area contributed by atoms with Crippen molar-refractivity contribution < 1.29 is 9.59 Å². The molecule has 23 heavy (non-hydrogen) atoms. The fraction of sp³-hybridized carbons (Fsp3) is 0.176. The molecule has 0 bridgehead atoms. The second-order valence-electron chi connectivity index (χ2n) is 5.42. The molecule has 1 aliphatic carbocycles. The minimum Gasteiger partial charge on any atom is -0.326 e. The molecule has 4 nitrogen and oxygen atoms in total. The van der Waals surface area contributed by atoms with Gasteiger partial charge in [0.1, 0.15) is 0 Å². The third kappa shape index (κ3) is 4.03. The number of benzene rings is 2. The Kier molecular flexibility index (Phi) is 4.55. The lowest BCUT2D eigenvalue weighted by Crippen LogP contribution is -2.15. The average Bonchev–Trinajstić information content (AvgIpc) is 3.35. The number of nitrogens with one attached hydrogen (secondary N) is 2. The molecule has 2 N–H and O–H groups in total. The molecule has 2 amide bonds. The maximum absolute atomic E-state index is 12.3. The lowest BCUT2D eigenvalue weighted by atomic mass is 10.2. The summed E-state index contributed by atoms with van der Waals surface area (Å²) in [5.74, 6) is -0.215. The van der Waals surface area contributed by atoms with Crippen LogP contribution in [0.25, 0.3) is 0 Å². The smallest absolute Gasteiger partial charge is 0.257 e. The van der Waals surface area contributed by atoms with E-state index in [4.69, 9.17) is 23.2 Å². The van der Waals surface area contributed by atoms with E-state index < -0.39 is 0 Å². The Morgan fingerprint density at radius 1 is 0.957 bits per heavy atom. The minimum absolute atomic E-state index is 0.0198. The summed E-state index contributed by atoms with van der Waals surface area (Å²) in [6, 6.07) is 11.7. The Bertz CT molecular complexity index is 773. The maximum atomic E-state index is 12.3. The lowest BCUT2D eigenvalue weighted by molar-refractivity contribution is -0.117. The first-order valence-electron chi connectivity index (χ1n) is 7.20. The standard InChI is InChI=1S/C17H14Cl2N2O2/c18-11-6-7-15(19)14(8-11)17(23)21-13-3-1-2-12(9-13)20-16(22)10-4-5-10/h1-3,6-10H,4-5H2,(H,20,22)(H,21,23). The van der Waals surface area contributed by atoms with Crippen molar-refractivity contribution >= 4 is 46.4 Å². The Labute approximate surface area is 143 Å². The first-order valence-corrected chi connectivity index (χ1v) is 7.96. The summed E-state index contributed by atoms with van der Waals surface area (Å²) >= 11 is 11.9. The molecule has 118 valence electrons. The molecule has 6 heteroatoms. The van der Waals surface area contributed by atoms with Crippen LogP contribution in [0.4, 0.5) is 11.4 Å². The van der Waals surface area contributed by atoms with E-state index in [0.717, 1.165) is 12.8 Å². The zero-order valence-corrected chi connectivity index (χ0v) is 13.6. The molecule has 3 rings (SSSR count). The van der Waals surface area contributed by atoms with Crippen LogP contribution in [0, 0.1) is 5.92 Å². The predicted molar refractivity (Wildman–Crippen MR) is 92.2 cm³/mol. The van der Waals surface area contributed by atoms with Crippen LogP contribution >= 0.6 is 23.2 Å². The number of amides is 2. The Balaban J connectivity index is 1.73. The van der Waals surface area contributed by atoms with Crippen LogP contribution in [0.1, 0.15) is 23.2 Å². The van der Waals surface area contributed by atoms with E-state index in [1.165, 1.54) is 6.07 Å². The molecule has 0 atom stereocenters. The van der Waals surface area contributed by atoms with Gasteiger partial charge in [-0.25, -0.2) is 0 Å². The van der Waals surface area contributed by atoms with E-state index in [-0.39, 0.29) is 17.7 Å². The number of hydrogen-bond donors (Lipinski definition) is 2. The summed E-state index contributed by atoms with van der Waals surface area (Å²) in [6.07, 6.45) is 1.88. The van der Waals surface area contributed by atoms with Gasteiger partial charge in [-0.3, -0.25) is 9.59 Å². The van der Waals surface area contributed by atoms with Gasteiger partial charge in [-0.15, -0.1) is 0 Å². The van der Waals surface area contributed by atoms with Gasteiger partial charge < -0.3 is 10.6 Å². The zero-order valence-electron chi connectivity index (χ0n) is 12.1. The monoisotopic (exact) mass is 348 g/mol. The molecule has 2 aromatic rings. The molecule has 2 aromatic carbocycles. The summed E-state index contributed by atoms with van der Waals surface area (Å²) < 4.78 is 0. The van der Waals surface area contributed by atoms with Gasteiger partial charge >= 0.3 is 0 Å². The SMILES string of the molecule is O=C(Nc1cccc(NC(=O)C2CC2)c1)c1cc(Cl)ccc1Cl. The van der Waals surface area contributed by atoms with Crippen LogP contribution < -0.4 is 10.6 Å². The van der Waals surface area contributed by atoms with Gasteiger partial charge in [-0.2, -0.15) is 0 Å². The first kappa shape index (κ1) is 15.8. The Hall–Kier alpha value is -2.04. The van der Waals surface area contributed by atoms with Gasteiger partial charge in [0.05, 0.1) is 10.6 Å². The molecule has 0 unspecified atom stereocenters. The molecule has 0 saturated heterocycles. The van der Waals surface area contributed by atoms with Gasteiger partial charge in [0.25, 0.3) is 5.91 Å². The number of carbonyl (C=O) groups is 2. The maximum Gasteiger partial charge on any atom is 0.257 e. The molecule has 0 aromatic heterocycles. The van der Waals surface area contributed by atoms with Crippen molar-refractivity contribution in [2.24, 2.45) is 5.92 Å². The van der Waals surface area contributed by atoms with E-state index in [1.807, 2.05) is 0 Å². The Morgan fingerprint density at radius 2 is 1.65 bits per heavy atom. The van der Waals surface area contributed by atoms with Crippen molar-refractivity contribution in [1.29, 1.82) is 0 Å². The van der Waals surface area contributed by atoms with Gasteiger partial charge in [0.2, 0.25) is 5.91 Å². The van der Waals surface area contributed by atoms with E-state index in [1.54, 1.807) is 36.4 Å². The Morgan fingerprint density at radius 3 is 2.35 bits per heavy atom. The number of rotatable bonds is 4. The van der Waals surface area contributed by atoms with Crippen molar-refractivity contribution in [3.8, 4) is 0 Å². The second-order valence-corrected chi connectivity index (χ2v) is 6.27. The average molecular weight is 349 g/mol. The van der Waals surface area contributed by atoms with Crippen molar-refractivity contribution in [2.75, 3.05) is 10.6 Å². The van der Waals surface area contributed by atoms with Crippen molar-refractivity contribution in [3.63, 3.8) is 0 Å². The highest BCUT2D eigenvalue weighted by Crippen LogP contribution is 2.30. The molecular formula is C17H14Cl2N2O2. The fourth-order valence-electron chi connectivity index (χ4n) is 2.13. The normalized spacial score (nSPS) is 13.5. The van der Waals surface area contributed by atoms with Crippen molar-refractivity contribution in [1.82, 2.24) is 0 Å². The number of anilines is 2. The zero-order chi connectivity index (χ0) is 16.4. The van der Waals surface area contributed by atoms with Gasteiger partial charge in [-0.1, -0.05) is 29.3 Å². The second kappa shape index (κ2) is 6.60. The third-order valence-electron chi connectivity index (χ3n) is 3.51. The highest BCUT2D eigenvalue weighted by atomic mass is 35.5. The molecule has 1 aliphatic rings. The predicted octanol–water partition coefficient (Wildman–Crippen LogP) is 4.59. The third-order valence-corrected chi connectivity index (χ3v) is 4.07. The molecular weight excluding hydrogens is 335 g/mol. The van der Waals surface area contributed by atoms with E-state index in [2.05, 4.69) is 10.6 Å². The molecule has 1 fully saturated rings. The molecule has 0 aliphatic heterocycles. The van der Waals surface area contributed by atoms with Crippen LogP contribution in [0.2, 0.25) is 10.0 Å². The van der Waals surface area contributed by atoms with Crippen molar-refractivity contribution in [3.05, 3.63) is 58.1 Å². The van der Waals surface area contributed by atoms with Crippen LogP contribution in [0.15, 0.2) is 42.5 Å².